The first-order valence-corrected chi connectivity index (χ1v) is 10.9. The van der Waals surface area contributed by atoms with Crippen LogP contribution < -0.4 is 11.1 Å². The molecular weight excluding hydrogens is 456 g/mol. The van der Waals surface area contributed by atoms with Crippen LogP contribution in [-0.4, -0.2) is 107 Å². The fourth-order valence-corrected chi connectivity index (χ4v) is 3.37. The molecule has 34 heavy (non-hydrogen) atoms. The second-order valence-electron chi connectivity index (χ2n) is 7.66. The molecule has 1 amide bonds. The first-order valence-electron chi connectivity index (χ1n) is 10.9. The van der Waals surface area contributed by atoms with E-state index in [9.17, 15) is 19.2 Å². The highest BCUT2D eigenvalue weighted by Crippen LogP contribution is 2.30. The summed E-state index contributed by atoms with van der Waals surface area (Å²) < 4.78 is 38.0. The molecule has 0 bridgehead atoms. The van der Waals surface area contributed by atoms with Crippen molar-refractivity contribution in [2.45, 2.75) is 51.5 Å². The predicted octanol–water partition coefficient (Wildman–Crippen LogP) is -1.30. The van der Waals surface area contributed by atoms with Gasteiger partial charge in [-0.05, 0) is 0 Å². The van der Waals surface area contributed by atoms with Crippen molar-refractivity contribution in [3.63, 3.8) is 0 Å². The van der Waals surface area contributed by atoms with E-state index in [4.69, 9.17) is 38.9 Å². The molecule has 0 aromatic carbocycles. The first-order chi connectivity index (χ1) is 16.1. The summed E-state index contributed by atoms with van der Waals surface area (Å²) in [5.41, 5.74) is 3.96. The van der Waals surface area contributed by atoms with Crippen molar-refractivity contribution in [1.29, 1.82) is 0 Å². The lowest BCUT2D eigenvalue weighted by molar-refractivity contribution is -0.229. The zero-order valence-corrected chi connectivity index (χ0v) is 20.2. The van der Waals surface area contributed by atoms with Crippen LogP contribution in [0.25, 0.3) is 0 Å². The maximum absolute atomic E-state index is 12.0. The maximum Gasteiger partial charge on any atom is 0.303 e. The van der Waals surface area contributed by atoms with E-state index in [1.165, 1.54) is 27.7 Å². The van der Waals surface area contributed by atoms with E-state index < -0.39 is 47.7 Å². The highest BCUT2D eigenvalue weighted by molar-refractivity contribution is 5.74. The van der Waals surface area contributed by atoms with Crippen molar-refractivity contribution >= 4 is 23.8 Å². The monoisotopic (exact) mass is 492 g/mol. The molecule has 0 aliphatic carbocycles. The number of nitrogens with two attached hydrogens (primary N) is 1. The lowest BCUT2D eigenvalue weighted by atomic mass is 9.84. The molecule has 13 heteroatoms. The van der Waals surface area contributed by atoms with Crippen molar-refractivity contribution in [3.8, 4) is 0 Å². The Bertz CT molecular complexity index is 675. The number of rotatable bonds is 15. The zero-order chi connectivity index (χ0) is 25.6. The third-order valence-corrected chi connectivity index (χ3v) is 4.60. The zero-order valence-electron chi connectivity index (χ0n) is 20.2. The summed E-state index contributed by atoms with van der Waals surface area (Å²) in [6, 6.07) is 0. The minimum absolute atomic E-state index is 0.143. The van der Waals surface area contributed by atoms with E-state index in [1.54, 1.807) is 0 Å². The summed E-state index contributed by atoms with van der Waals surface area (Å²) in [6.07, 6.45) is -3.30. The van der Waals surface area contributed by atoms with Gasteiger partial charge in [0.1, 0.15) is 18.2 Å². The summed E-state index contributed by atoms with van der Waals surface area (Å²) in [5.74, 6) is -2.36. The van der Waals surface area contributed by atoms with E-state index in [2.05, 4.69) is 5.32 Å². The van der Waals surface area contributed by atoms with E-state index in [0.29, 0.717) is 26.4 Å². The number of hydrogen-bond donors (Lipinski definition) is 2. The lowest BCUT2D eigenvalue weighted by Gasteiger charge is -2.48. The molecule has 1 fully saturated rings. The van der Waals surface area contributed by atoms with Gasteiger partial charge in [0.2, 0.25) is 5.91 Å². The van der Waals surface area contributed by atoms with Crippen molar-refractivity contribution in [2.75, 3.05) is 59.4 Å². The molecule has 1 aliphatic heterocycles. The van der Waals surface area contributed by atoms with Gasteiger partial charge in [0.15, 0.2) is 12.2 Å². The molecule has 4 atom stereocenters. The van der Waals surface area contributed by atoms with Crippen molar-refractivity contribution in [2.24, 2.45) is 5.73 Å². The summed E-state index contributed by atoms with van der Waals surface area (Å²) in [5, 5.41) is 2.73. The maximum atomic E-state index is 12.0. The number of nitrogens with one attached hydrogen (secondary N) is 1. The van der Waals surface area contributed by atoms with E-state index in [1.807, 2.05) is 0 Å². The molecule has 0 spiro atoms. The molecule has 4 unspecified atom stereocenters. The van der Waals surface area contributed by atoms with E-state index in [-0.39, 0.29) is 33.0 Å². The van der Waals surface area contributed by atoms with Crippen LogP contribution in [0, 0.1) is 0 Å². The Hall–Kier alpha value is -2.32. The van der Waals surface area contributed by atoms with Gasteiger partial charge < -0.3 is 44.2 Å². The van der Waals surface area contributed by atoms with Gasteiger partial charge in [0.25, 0.3) is 0 Å². The van der Waals surface area contributed by atoms with Crippen molar-refractivity contribution in [1.82, 2.24) is 5.32 Å². The fraction of sp³-hybridized carbons (Fsp3) is 0.810. The van der Waals surface area contributed by atoms with Gasteiger partial charge in [0, 0.05) is 34.2 Å². The Morgan fingerprint density at radius 1 is 0.882 bits per heavy atom. The Balaban J connectivity index is 2.96. The number of esters is 3. The van der Waals surface area contributed by atoms with Gasteiger partial charge in [0.05, 0.1) is 46.2 Å². The quantitative estimate of drug-likeness (QED) is 0.157. The normalized spacial score (nSPS) is 24.2. The third kappa shape index (κ3) is 10.7. The van der Waals surface area contributed by atoms with Gasteiger partial charge in [-0.1, -0.05) is 0 Å². The minimum Gasteiger partial charge on any atom is -0.463 e. The van der Waals surface area contributed by atoms with Crippen LogP contribution in [0.3, 0.4) is 0 Å². The van der Waals surface area contributed by atoms with Crippen LogP contribution in [0.4, 0.5) is 0 Å². The molecule has 1 aliphatic rings. The van der Waals surface area contributed by atoms with Crippen LogP contribution in [0.2, 0.25) is 0 Å². The topological polar surface area (TPSA) is 171 Å². The van der Waals surface area contributed by atoms with Crippen LogP contribution in [0.5, 0.6) is 0 Å². The van der Waals surface area contributed by atoms with Crippen LogP contribution in [-0.2, 0) is 52.3 Å². The standard InChI is InChI=1S/C21H36N2O11/c1-14(24)23-21(12-30-10-9-29-8-7-28-6-5-22)13-32-18(11-31-15(2)25)19(33-16(3)26)20(21)34-17(4)27/h18-20H,5-13,22H2,1-4H3,(H,23,24). The van der Waals surface area contributed by atoms with Gasteiger partial charge >= 0.3 is 17.9 Å². The minimum atomic E-state index is -1.38. The highest BCUT2D eigenvalue weighted by Gasteiger charge is 2.55. The van der Waals surface area contributed by atoms with E-state index >= 15 is 0 Å². The van der Waals surface area contributed by atoms with Gasteiger partial charge in [-0.15, -0.1) is 0 Å². The highest BCUT2D eigenvalue weighted by atomic mass is 16.6. The average Bonchev–Trinajstić information content (AvgIpc) is 2.73. The third-order valence-electron chi connectivity index (χ3n) is 4.60. The predicted molar refractivity (Wildman–Crippen MR) is 116 cm³/mol. The molecular formula is C21H36N2O11. The fourth-order valence-electron chi connectivity index (χ4n) is 3.37. The van der Waals surface area contributed by atoms with Crippen LogP contribution in [0.15, 0.2) is 0 Å². The summed E-state index contributed by atoms with van der Waals surface area (Å²) >= 11 is 0. The number of carbonyl (C=O) groups is 4. The Morgan fingerprint density at radius 3 is 2.00 bits per heavy atom. The smallest absolute Gasteiger partial charge is 0.303 e. The van der Waals surface area contributed by atoms with Crippen LogP contribution >= 0.6 is 0 Å². The average molecular weight is 493 g/mol. The number of ether oxygens (including phenoxy) is 7. The molecule has 0 aromatic heterocycles. The largest absolute Gasteiger partial charge is 0.463 e. The van der Waals surface area contributed by atoms with Gasteiger partial charge in [-0.3, -0.25) is 19.2 Å². The molecule has 1 heterocycles. The SMILES string of the molecule is CC(=O)NC1(COCCOCCOCCN)COC(COC(C)=O)C(OC(C)=O)C1OC(C)=O. The summed E-state index contributed by atoms with van der Waals surface area (Å²) in [4.78, 5) is 47.1. The number of amides is 1. The number of hydrogen-bond acceptors (Lipinski definition) is 12. The van der Waals surface area contributed by atoms with Crippen molar-refractivity contribution < 1.29 is 52.3 Å². The second kappa shape index (κ2) is 15.6. The molecule has 196 valence electrons. The summed E-state index contributed by atoms with van der Waals surface area (Å²) in [7, 11) is 0. The van der Waals surface area contributed by atoms with Crippen molar-refractivity contribution in [3.05, 3.63) is 0 Å². The Labute approximate surface area is 198 Å². The van der Waals surface area contributed by atoms with Gasteiger partial charge in [-0.25, -0.2) is 0 Å². The first kappa shape index (κ1) is 29.7. The number of carbonyl (C=O) groups excluding carboxylic acids is 4. The molecule has 0 aromatic rings. The van der Waals surface area contributed by atoms with E-state index in [0.717, 1.165) is 0 Å². The Kier molecular flexibility index (Phi) is 13.6. The molecule has 1 saturated heterocycles. The molecule has 0 radical (unpaired) electrons. The van der Waals surface area contributed by atoms with Gasteiger partial charge in [-0.2, -0.15) is 0 Å². The Morgan fingerprint density at radius 2 is 1.47 bits per heavy atom. The molecule has 0 saturated carbocycles. The van der Waals surface area contributed by atoms with Crippen LogP contribution in [0.1, 0.15) is 27.7 Å². The molecule has 13 nitrogen and oxygen atoms in total. The molecule has 3 N–H and O–H groups in total. The second-order valence-corrected chi connectivity index (χ2v) is 7.66. The molecule has 1 rings (SSSR count). The lowest BCUT2D eigenvalue weighted by Crippen LogP contribution is -2.72. The summed E-state index contributed by atoms with van der Waals surface area (Å²) in [6.45, 7) is 6.31.